The second-order valence-electron chi connectivity index (χ2n) is 4.65. The van der Waals surface area contributed by atoms with Gasteiger partial charge in [-0.25, -0.2) is 9.97 Å². The fourth-order valence-electron chi connectivity index (χ4n) is 2.26. The monoisotopic (exact) mass is 249 g/mol. The number of anilines is 2. The Balaban J connectivity index is 1.73. The van der Waals surface area contributed by atoms with Gasteiger partial charge in [0.05, 0.1) is 0 Å². The van der Waals surface area contributed by atoms with Gasteiger partial charge in [-0.1, -0.05) is 6.42 Å². The topological polar surface area (TPSA) is 53.1 Å². The van der Waals surface area contributed by atoms with Gasteiger partial charge in [-0.3, -0.25) is 0 Å². The van der Waals surface area contributed by atoms with E-state index in [4.69, 9.17) is 0 Å². The summed E-state index contributed by atoms with van der Waals surface area (Å²) in [6.07, 6.45) is 5.68. The number of rotatable bonds is 6. The Morgan fingerprint density at radius 3 is 2.56 bits per heavy atom. The summed E-state index contributed by atoms with van der Waals surface area (Å²) in [5.74, 6) is 1.78. The van der Waals surface area contributed by atoms with E-state index in [9.17, 15) is 0 Å². The van der Waals surface area contributed by atoms with Crippen molar-refractivity contribution in [3.05, 3.63) is 12.4 Å². The van der Waals surface area contributed by atoms with Crippen LogP contribution in [-0.4, -0.2) is 47.6 Å². The van der Waals surface area contributed by atoms with Gasteiger partial charge in [0.1, 0.15) is 18.0 Å². The first kappa shape index (κ1) is 13.1. The highest BCUT2D eigenvalue weighted by atomic mass is 15.1. The third-order valence-corrected chi connectivity index (χ3v) is 3.21. The molecule has 100 valence electrons. The van der Waals surface area contributed by atoms with Crippen LogP contribution in [0.1, 0.15) is 26.2 Å². The molecule has 18 heavy (non-hydrogen) atoms. The van der Waals surface area contributed by atoms with E-state index >= 15 is 0 Å². The van der Waals surface area contributed by atoms with Gasteiger partial charge >= 0.3 is 0 Å². The van der Waals surface area contributed by atoms with Crippen LogP contribution in [0.4, 0.5) is 11.6 Å². The quantitative estimate of drug-likeness (QED) is 0.805. The number of likely N-dealkylation sites (tertiary alicyclic amines) is 1. The number of hydrogen-bond acceptors (Lipinski definition) is 5. The van der Waals surface area contributed by atoms with Crippen molar-refractivity contribution in [2.75, 3.05) is 43.4 Å². The Morgan fingerprint density at radius 1 is 1.11 bits per heavy atom. The van der Waals surface area contributed by atoms with Crippen LogP contribution in [0, 0.1) is 0 Å². The minimum Gasteiger partial charge on any atom is -0.370 e. The van der Waals surface area contributed by atoms with Gasteiger partial charge < -0.3 is 15.5 Å². The zero-order valence-corrected chi connectivity index (χ0v) is 11.2. The van der Waals surface area contributed by atoms with E-state index in [0.29, 0.717) is 0 Å². The van der Waals surface area contributed by atoms with Crippen LogP contribution in [-0.2, 0) is 0 Å². The molecule has 0 aliphatic carbocycles. The summed E-state index contributed by atoms with van der Waals surface area (Å²) < 4.78 is 0. The Labute approximate surface area is 109 Å². The number of piperidine rings is 1. The predicted molar refractivity (Wildman–Crippen MR) is 75.0 cm³/mol. The third kappa shape index (κ3) is 4.14. The van der Waals surface area contributed by atoms with Gasteiger partial charge in [0.15, 0.2) is 0 Å². The van der Waals surface area contributed by atoms with Crippen LogP contribution in [0.5, 0.6) is 0 Å². The molecule has 0 bridgehead atoms. The van der Waals surface area contributed by atoms with Crippen molar-refractivity contribution in [3.8, 4) is 0 Å². The molecule has 1 aromatic heterocycles. The lowest BCUT2D eigenvalue weighted by molar-refractivity contribution is 0.237. The first-order valence-electron chi connectivity index (χ1n) is 6.90. The minimum atomic E-state index is 0.879. The van der Waals surface area contributed by atoms with Crippen molar-refractivity contribution in [2.45, 2.75) is 26.2 Å². The molecule has 0 radical (unpaired) electrons. The van der Waals surface area contributed by atoms with E-state index in [-0.39, 0.29) is 0 Å². The highest BCUT2D eigenvalue weighted by Crippen LogP contribution is 2.09. The van der Waals surface area contributed by atoms with E-state index < -0.39 is 0 Å². The van der Waals surface area contributed by atoms with Gasteiger partial charge in [-0.15, -0.1) is 0 Å². The molecule has 2 rings (SSSR count). The molecule has 1 saturated heterocycles. The summed E-state index contributed by atoms with van der Waals surface area (Å²) in [6, 6.07) is 1.96. The van der Waals surface area contributed by atoms with E-state index in [1.165, 1.54) is 32.4 Å². The Morgan fingerprint density at radius 2 is 1.83 bits per heavy atom. The molecule has 5 heteroatoms. The molecule has 0 unspecified atom stereocenters. The largest absolute Gasteiger partial charge is 0.370 e. The van der Waals surface area contributed by atoms with E-state index in [0.717, 1.165) is 31.3 Å². The van der Waals surface area contributed by atoms with E-state index in [2.05, 4.69) is 32.4 Å². The first-order valence-corrected chi connectivity index (χ1v) is 6.90. The van der Waals surface area contributed by atoms with Crippen LogP contribution < -0.4 is 10.6 Å². The summed E-state index contributed by atoms with van der Waals surface area (Å²) >= 11 is 0. The van der Waals surface area contributed by atoms with Gasteiger partial charge in [-0.2, -0.15) is 0 Å². The number of aromatic nitrogens is 2. The summed E-state index contributed by atoms with van der Waals surface area (Å²) in [6.45, 7) is 7.47. The summed E-state index contributed by atoms with van der Waals surface area (Å²) in [5, 5.41) is 6.54. The number of hydrogen-bond donors (Lipinski definition) is 2. The van der Waals surface area contributed by atoms with Crippen LogP contribution in [0.3, 0.4) is 0 Å². The van der Waals surface area contributed by atoms with Crippen molar-refractivity contribution in [2.24, 2.45) is 0 Å². The fraction of sp³-hybridized carbons (Fsp3) is 0.692. The molecular weight excluding hydrogens is 226 g/mol. The smallest absolute Gasteiger partial charge is 0.131 e. The maximum atomic E-state index is 4.22. The lowest BCUT2D eigenvalue weighted by Gasteiger charge is -2.26. The predicted octanol–water partition coefficient (Wildman–Crippen LogP) is 1.81. The van der Waals surface area contributed by atoms with Crippen molar-refractivity contribution in [3.63, 3.8) is 0 Å². The highest BCUT2D eigenvalue weighted by Gasteiger charge is 2.08. The molecule has 1 aliphatic heterocycles. The molecule has 0 amide bonds. The molecule has 0 atom stereocenters. The molecule has 0 aromatic carbocycles. The molecule has 0 spiro atoms. The molecule has 2 N–H and O–H groups in total. The summed E-state index contributed by atoms with van der Waals surface area (Å²) in [7, 11) is 0. The molecule has 0 saturated carbocycles. The average molecular weight is 249 g/mol. The lowest BCUT2D eigenvalue weighted by Crippen LogP contribution is -2.33. The average Bonchev–Trinajstić information content (AvgIpc) is 2.41. The normalized spacial score (nSPS) is 16.5. The Kier molecular flexibility index (Phi) is 5.20. The zero-order valence-electron chi connectivity index (χ0n) is 11.2. The van der Waals surface area contributed by atoms with Crippen LogP contribution in [0.2, 0.25) is 0 Å². The Bertz CT molecular complexity index is 349. The van der Waals surface area contributed by atoms with Crippen LogP contribution in [0.25, 0.3) is 0 Å². The van der Waals surface area contributed by atoms with Crippen molar-refractivity contribution in [1.29, 1.82) is 0 Å². The molecule has 1 aromatic rings. The molecule has 1 aliphatic rings. The molecular formula is C13H23N5. The second-order valence-corrected chi connectivity index (χ2v) is 4.65. The van der Waals surface area contributed by atoms with Gasteiger partial charge in [0, 0.05) is 25.7 Å². The van der Waals surface area contributed by atoms with E-state index in [1.807, 2.05) is 6.07 Å². The Hall–Kier alpha value is -1.36. The van der Waals surface area contributed by atoms with Gasteiger partial charge in [0.25, 0.3) is 0 Å². The standard InChI is InChI=1S/C13H23N5/c1-2-14-12-10-13(17-11-16-12)15-6-9-18-7-4-3-5-8-18/h10-11H,2-9H2,1H3,(H2,14,15,16,17). The summed E-state index contributed by atoms with van der Waals surface area (Å²) in [4.78, 5) is 10.9. The molecule has 2 heterocycles. The van der Waals surface area contributed by atoms with Gasteiger partial charge in [0.2, 0.25) is 0 Å². The van der Waals surface area contributed by atoms with Crippen LogP contribution in [0.15, 0.2) is 12.4 Å². The van der Waals surface area contributed by atoms with Crippen LogP contribution >= 0.6 is 0 Å². The number of nitrogens with one attached hydrogen (secondary N) is 2. The third-order valence-electron chi connectivity index (χ3n) is 3.21. The fourth-order valence-corrected chi connectivity index (χ4v) is 2.26. The SMILES string of the molecule is CCNc1cc(NCCN2CCCCC2)ncn1. The maximum absolute atomic E-state index is 4.22. The van der Waals surface area contributed by atoms with Gasteiger partial charge in [-0.05, 0) is 32.9 Å². The maximum Gasteiger partial charge on any atom is 0.131 e. The zero-order chi connectivity index (χ0) is 12.6. The minimum absolute atomic E-state index is 0.879. The molecule has 5 nitrogen and oxygen atoms in total. The first-order chi connectivity index (χ1) is 8.88. The second kappa shape index (κ2) is 7.16. The molecule has 1 fully saturated rings. The van der Waals surface area contributed by atoms with Crippen molar-refractivity contribution in [1.82, 2.24) is 14.9 Å². The number of nitrogens with zero attached hydrogens (tertiary/aromatic N) is 3. The van der Waals surface area contributed by atoms with E-state index in [1.54, 1.807) is 6.33 Å². The highest BCUT2D eigenvalue weighted by molar-refractivity contribution is 5.46. The lowest BCUT2D eigenvalue weighted by atomic mass is 10.1. The van der Waals surface area contributed by atoms with Crippen molar-refractivity contribution >= 4 is 11.6 Å². The summed E-state index contributed by atoms with van der Waals surface area (Å²) in [5.41, 5.74) is 0. The van der Waals surface area contributed by atoms with Crippen molar-refractivity contribution < 1.29 is 0 Å².